The Morgan fingerprint density at radius 1 is 0.511 bits per heavy atom. The normalized spacial score (nSPS) is 12.1. The fourth-order valence-electron chi connectivity index (χ4n) is 6.62. The molecule has 45 heavy (non-hydrogen) atoms. The van der Waals surface area contributed by atoms with Gasteiger partial charge in [-0.15, -0.1) is 0 Å². The smallest absolute Gasteiger partial charge is 0.0639 e. The van der Waals surface area contributed by atoms with Gasteiger partial charge in [-0.2, -0.15) is 0 Å². The van der Waals surface area contributed by atoms with Crippen molar-refractivity contribution in [2.75, 3.05) is 0 Å². The number of hydrogen-bond donors (Lipinski definition) is 0. The fraction of sp³-hybridized carbons (Fsp3) is 0.674. The van der Waals surface area contributed by atoms with E-state index in [2.05, 4.69) is 72.7 Å². The van der Waals surface area contributed by atoms with E-state index in [-0.39, 0.29) is 0 Å². The van der Waals surface area contributed by atoms with Crippen LogP contribution in [0, 0.1) is 13.8 Å². The molecule has 0 saturated heterocycles. The number of aliphatic imine (C=N–C) groups is 2. The van der Waals surface area contributed by atoms with Gasteiger partial charge in [-0.1, -0.05) is 118 Å². The van der Waals surface area contributed by atoms with Crippen molar-refractivity contribution < 1.29 is 0 Å². The van der Waals surface area contributed by atoms with E-state index in [1.807, 2.05) is 6.21 Å². The summed E-state index contributed by atoms with van der Waals surface area (Å²) in [5, 5.41) is 0. The first-order valence-electron chi connectivity index (χ1n) is 19.3. The molecular weight excluding hydrogens is 544 g/mol. The Labute approximate surface area is 280 Å². The lowest BCUT2D eigenvalue weighted by molar-refractivity contribution is 0.605. The molecule has 2 aromatic carbocycles. The summed E-state index contributed by atoms with van der Waals surface area (Å²) in [6, 6.07) is 9.37. The summed E-state index contributed by atoms with van der Waals surface area (Å²) < 4.78 is 0. The predicted octanol–water partition coefficient (Wildman–Crippen LogP) is 14.1. The second-order valence-electron chi connectivity index (χ2n) is 13.8. The lowest BCUT2D eigenvalue weighted by Crippen LogP contribution is -2.00. The number of hydrogen-bond acceptors (Lipinski definition) is 2. The van der Waals surface area contributed by atoms with Crippen LogP contribution in [0.2, 0.25) is 0 Å². The molecule has 0 aromatic heterocycles. The van der Waals surface area contributed by atoms with Crippen molar-refractivity contribution in [2.45, 2.75) is 190 Å². The summed E-state index contributed by atoms with van der Waals surface area (Å²) in [6.45, 7) is 15.9. The second-order valence-corrected chi connectivity index (χ2v) is 13.8. The Morgan fingerprint density at radius 3 is 1.53 bits per heavy atom. The van der Waals surface area contributed by atoms with Crippen LogP contribution in [0.4, 0.5) is 11.4 Å². The molecule has 0 fully saturated rings. The average Bonchev–Trinajstić information content (AvgIpc) is 3.02. The number of aryl methyl sites for hydroxylation is 4. The van der Waals surface area contributed by atoms with Crippen LogP contribution in [0.15, 0.2) is 34.3 Å². The third-order valence-corrected chi connectivity index (χ3v) is 9.54. The van der Waals surface area contributed by atoms with Gasteiger partial charge < -0.3 is 0 Å². The van der Waals surface area contributed by atoms with Crippen molar-refractivity contribution >= 4 is 23.3 Å². The Bertz CT molecular complexity index is 1140. The molecule has 0 spiro atoms. The molecule has 2 aromatic rings. The lowest BCUT2D eigenvalue weighted by Gasteiger charge is -2.15. The van der Waals surface area contributed by atoms with Crippen LogP contribution in [0.25, 0.3) is 0 Å². The minimum atomic E-state index is 0.976. The van der Waals surface area contributed by atoms with Gasteiger partial charge in [-0.05, 0) is 130 Å². The monoisotopic (exact) mass is 615 g/mol. The Morgan fingerprint density at radius 2 is 0.956 bits per heavy atom. The number of nitrogens with zero attached hydrogens (tertiary/aromatic N) is 2. The highest BCUT2D eigenvalue weighted by atomic mass is 14.8. The van der Waals surface area contributed by atoms with Gasteiger partial charge >= 0.3 is 0 Å². The summed E-state index contributed by atoms with van der Waals surface area (Å²) in [4.78, 5) is 10.1. The first-order chi connectivity index (χ1) is 21.9. The highest BCUT2D eigenvalue weighted by molar-refractivity contribution is 6.30. The van der Waals surface area contributed by atoms with E-state index >= 15 is 0 Å². The number of benzene rings is 2. The molecule has 0 amide bonds. The van der Waals surface area contributed by atoms with Crippen LogP contribution in [-0.2, 0) is 25.7 Å². The highest BCUT2D eigenvalue weighted by Crippen LogP contribution is 2.28. The van der Waals surface area contributed by atoms with Crippen molar-refractivity contribution in [3.05, 3.63) is 57.6 Å². The number of rotatable bonds is 25. The molecule has 2 rings (SSSR count). The van der Waals surface area contributed by atoms with Crippen LogP contribution in [0.1, 0.15) is 184 Å². The van der Waals surface area contributed by atoms with Crippen LogP contribution >= 0.6 is 0 Å². The summed E-state index contributed by atoms with van der Waals surface area (Å²) in [7, 11) is 0. The molecule has 0 N–H and O–H groups in total. The maximum absolute atomic E-state index is 5.08. The van der Waals surface area contributed by atoms with Gasteiger partial charge in [0.15, 0.2) is 0 Å². The molecule has 0 unspecified atom stereocenters. The molecule has 0 bridgehead atoms. The summed E-state index contributed by atoms with van der Waals surface area (Å²) >= 11 is 0. The van der Waals surface area contributed by atoms with Crippen LogP contribution in [0.3, 0.4) is 0 Å². The molecule has 2 heteroatoms. The van der Waals surface area contributed by atoms with Gasteiger partial charge in [0.1, 0.15) is 0 Å². The molecule has 0 aliphatic carbocycles. The highest BCUT2D eigenvalue weighted by Gasteiger charge is 2.10. The molecule has 2 nitrogen and oxygen atoms in total. The second kappa shape index (κ2) is 24.0. The van der Waals surface area contributed by atoms with Crippen LogP contribution in [-0.4, -0.2) is 11.9 Å². The van der Waals surface area contributed by atoms with Gasteiger partial charge in [0.05, 0.1) is 17.1 Å². The first-order valence-corrected chi connectivity index (χ1v) is 19.3. The van der Waals surface area contributed by atoms with Gasteiger partial charge in [0.25, 0.3) is 0 Å². The Balaban J connectivity index is 2.22. The Kier molecular flexibility index (Phi) is 20.8. The summed E-state index contributed by atoms with van der Waals surface area (Å²) in [5.41, 5.74) is 12.1. The van der Waals surface area contributed by atoms with Crippen molar-refractivity contribution in [2.24, 2.45) is 9.98 Å². The molecule has 0 aliphatic rings. The van der Waals surface area contributed by atoms with Gasteiger partial charge in [0, 0.05) is 6.21 Å². The zero-order chi connectivity index (χ0) is 32.7. The quantitative estimate of drug-likeness (QED) is 0.0785. The number of unbranched alkanes of at least 4 members (excludes halogenated alkanes) is 14. The van der Waals surface area contributed by atoms with E-state index in [1.54, 1.807) is 5.56 Å². The van der Waals surface area contributed by atoms with E-state index in [0.717, 1.165) is 23.5 Å². The minimum absolute atomic E-state index is 0.976. The zero-order valence-corrected chi connectivity index (χ0v) is 30.8. The summed E-state index contributed by atoms with van der Waals surface area (Å²) in [5.74, 6) is 0. The lowest BCUT2D eigenvalue weighted by atomic mass is 9.92. The van der Waals surface area contributed by atoms with Crippen molar-refractivity contribution in [1.82, 2.24) is 0 Å². The standard InChI is InChI=1S/C43H70N2/c1-8-12-16-19-21-23-27-39-32-41(31-38(37(39)7)26-15-11-4)44-34-36(6)45-42-30-35(5)43(29-25-18-14-10-3)40(33-42)28-24-22-20-17-13-9-2/h30-34H,8-29H2,1-7H3. The molecule has 0 aliphatic heterocycles. The topological polar surface area (TPSA) is 24.7 Å². The van der Waals surface area contributed by atoms with Gasteiger partial charge in [-0.25, -0.2) is 0 Å². The van der Waals surface area contributed by atoms with Crippen molar-refractivity contribution in [1.29, 1.82) is 0 Å². The van der Waals surface area contributed by atoms with E-state index in [9.17, 15) is 0 Å². The van der Waals surface area contributed by atoms with Gasteiger partial charge in [-0.3, -0.25) is 9.98 Å². The maximum atomic E-state index is 5.08. The molecule has 0 saturated carbocycles. The van der Waals surface area contributed by atoms with Crippen LogP contribution < -0.4 is 0 Å². The molecule has 0 heterocycles. The van der Waals surface area contributed by atoms with E-state index in [4.69, 9.17) is 9.98 Å². The van der Waals surface area contributed by atoms with Gasteiger partial charge in [0.2, 0.25) is 0 Å². The van der Waals surface area contributed by atoms with E-state index in [1.165, 1.54) is 163 Å². The third kappa shape index (κ3) is 15.8. The van der Waals surface area contributed by atoms with Crippen molar-refractivity contribution in [3.8, 4) is 0 Å². The minimum Gasteiger partial charge on any atom is -0.255 e. The zero-order valence-electron chi connectivity index (χ0n) is 30.8. The van der Waals surface area contributed by atoms with Crippen molar-refractivity contribution in [3.63, 3.8) is 0 Å². The largest absolute Gasteiger partial charge is 0.255 e. The van der Waals surface area contributed by atoms with Crippen LogP contribution in [0.5, 0.6) is 0 Å². The van der Waals surface area contributed by atoms with E-state index in [0.29, 0.717) is 0 Å². The summed E-state index contributed by atoms with van der Waals surface area (Å²) in [6.07, 6.45) is 30.5. The third-order valence-electron chi connectivity index (χ3n) is 9.54. The molecule has 0 radical (unpaired) electrons. The first kappa shape index (κ1) is 39.0. The fourth-order valence-corrected chi connectivity index (χ4v) is 6.62. The van der Waals surface area contributed by atoms with E-state index < -0.39 is 0 Å². The SMILES string of the molecule is CCCCCCCCc1cc(N=CC(C)=Nc2cc(C)c(CCCCCC)c(CCCCCCCC)c2)cc(CCCC)c1C. The predicted molar refractivity (Wildman–Crippen MR) is 204 cm³/mol. The molecule has 0 atom stereocenters. The molecular formula is C43H70N2. The molecule has 252 valence electrons. The maximum Gasteiger partial charge on any atom is 0.0639 e. The average molecular weight is 615 g/mol. The Hall–Kier alpha value is -2.22.